The van der Waals surface area contributed by atoms with E-state index in [4.69, 9.17) is 15.2 Å². The second-order valence-corrected chi connectivity index (χ2v) is 3.33. The van der Waals surface area contributed by atoms with E-state index in [-0.39, 0.29) is 23.1 Å². The van der Waals surface area contributed by atoms with Crippen LogP contribution in [0.5, 0.6) is 17.4 Å². The van der Waals surface area contributed by atoms with Crippen LogP contribution in [0.1, 0.15) is 0 Å². The highest BCUT2D eigenvalue weighted by atomic mass is 19.1. The lowest BCUT2D eigenvalue weighted by molar-refractivity contribution is 0.356. The fourth-order valence-corrected chi connectivity index (χ4v) is 1.35. The first-order valence-corrected chi connectivity index (χ1v) is 4.97. The lowest BCUT2D eigenvalue weighted by Gasteiger charge is -2.10. The Bertz CT molecular complexity index is 607. The smallest absolute Gasteiger partial charge is 0.297 e. The molecule has 0 aliphatic carbocycles. The third-order valence-electron chi connectivity index (χ3n) is 2.18. The van der Waals surface area contributed by atoms with Crippen LogP contribution in [0.4, 0.5) is 10.1 Å². The molecule has 0 unspecified atom stereocenters. The van der Waals surface area contributed by atoms with E-state index in [9.17, 15) is 9.18 Å². The van der Waals surface area contributed by atoms with Gasteiger partial charge in [0.25, 0.3) is 11.4 Å². The van der Waals surface area contributed by atoms with Crippen LogP contribution in [-0.4, -0.2) is 17.1 Å². The van der Waals surface area contributed by atoms with E-state index >= 15 is 0 Å². The number of aromatic amines is 1. The van der Waals surface area contributed by atoms with Crippen LogP contribution in [0, 0.1) is 5.82 Å². The molecule has 18 heavy (non-hydrogen) atoms. The number of benzene rings is 1. The molecule has 2 aromatic rings. The molecule has 1 heterocycles. The van der Waals surface area contributed by atoms with Crippen molar-refractivity contribution in [2.75, 3.05) is 12.8 Å². The van der Waals surface area contributed by atoms with Crippen molar-refractivity contribution in [3.8, 4) is 17.4 Å². The summed E-state index contributed by atoms with van der Waals surface area (Å²) in [7, 11) is 1.28. The van der Waals surface area contributed by atoms with Crippen molar-refractivity contribution in [1.82, 2.24) is 9.97 Å². The van der Waals surface area contributed by atoms with Gasteiger partial charge in [0.15, 0.2) is 11.6 Å². The molecule has 0 aliphatic rings. The van der Waals surface area contributed by atoms with E-state index in [2.05, 4.69) is 9.97 Å². The van der Waals surface area contributed by atoms with Crippen molar-refractivity contribution in [3.63, 3.8) is 0 Å². The van der Waals surface area contributed by atoms with E-state index in [1.807, 2.05) is 0 Å². The Hall–Kier alpha value is -2.57. The predicted octanol–water partition coefficient (Wildman–Crippen LogP) is 1.29. The number of anilines is 1. The molecule has 0 bridgehead atoms. The first-order valence-electron chi connectivity index (χ1n) is 4.97. The third kappa shape index (κ3) is 2.10. The van der Waals surface area contributed by atoms with Gasteiger partial charge in [0.2, 0.25) is 5.75 Å². The maximum absolute atomic E-state index is 13.5. The van der Waals surface area contributed by atoms with Gasteiger partial charge in [-0.25, -0.2) is 9.37 Å². The monoisotopic (exact) mass is 251 g/mol. The summed E-state index contributed by atoms with van der Waals surface area (Å²) in [6, 6.07) is 4.10. The average Bonchev–Trinajstić information content (AvgIpc) is 2.34. The molecule has 1 aromatic carbocycles. The van der Waals surface area contributed by atoms with Crippen LogP contribution in [-0.2, 0) is 0 Å². The molecule has 0 atom stereocenters. The molecule has 1 aromatic heterocycles. The normalized spacial score (nSPS) is 10.1. The fourth-order valence-electron chi connectivity index (χ4n) is 1.35. The standard InChI is InChI=1S/C11H10FN3O3/c1-17-9-10(16)14-5-15-11(9)18-8-6(12)3-2-4-7(8)13/h2-5H,13H2,1H3,(H,14,15,16). The lowest BCUT2D eigenvalue weighted by Crippen LogP contribution is -2.11. The van der Waals surface area contributed by atoms with Gasteiger partial charge in [0.05, 0.1) is 19.1 Å². The quantitative estimate of drug-likeness (QED) is 0.802. The Morgan fingerprint density at radius 3 is 2.83 bits per heavy atom. The number of nitrogens with zero attached hydrogens (tertiary/aromatic N) is 1. The van der Waals surface area contributed by atoms with Crippen molar-refractivity contribution in [2.24, 2.45) is 0 Å². The highest BCUT2D eigenvalue weighted by molar-refractivity contribution is 5.54. The number of ether oxygens (including phenoxy) is 2. The minimum absolute atomic E-state index is 0.0964. The van der Waals surface area contributed by atoms with Gasteiger partial charge in [-0.05, 0) is 12.1 Å². The van der Waals surface area contributed by atoms with Crippen molar-refractivity contribution in [2.45, 2.75) is 0 Å². The van der Waals surface area contributed by atoms with Crippen LogP contribution >= 0.6 is 0 Å². The molecular formula is C11H10FN3O3. The Morgan fingerprint density at radius 1 is 1.39 bits per heavy atom. The minimum Gasteiger partial charge on any atom is -0.487 e. The van der Waals surface area contributed by atoms with Crippen LogP contribution in [0.15, 0.2) is 29.3 Å². The van der Waals surface area contributed by atoms with Gasteiger partial charge in [0.1, 0.15) is 0 Å². The predicted molar refractivity (Wildman–Crippen MR) is 62.3 cm³/mol. The number of methoxy groups -OCH3 is 1. The molecule has 0 saturated carbocycles. The van der Waals surface area contributed by atoms with Crippen LogP contribution in [0.3, 0.4) is 0 Å². The number of nitrogens with two attached hydrogens (primary N) is 1. The average molecular weight is 251 g/mol. The highest BCUT2D eigenvalue weighted by Crippen LogP contribution is 2.31. The van der Waals surface area contributed by atoms with Crippen LogP contribution < -0.4 is 20.8 Å². The number of halogens is 1. The molecule has 0 aliphatic heterocycles. The lowest BCUT2D eigenvalue weighted by atomic mass is 10.3. The van der Waals surface area contributed by atoms with Gasteiger partial charge < -0.3 is 20.2 Å². The third-order valence-corrected chi connectivity index (χ3v) is 2.18. The van der Waals surface area contributed by atoms with Crippen LogP contribution in [0.25, 0.3) is 0 Å². The molecule has 0 fully saturated rings. The number of hydrogen-bond donors (Lipinski definition) is 2. The van der Waals surface area contributed by atoms with E-state index in [1.54, 1.807) is 0 Å². The van der Waals surface area contributed by atoms with Gasteiger partial charge in [-0.3, -0.25) is 4.79 Å². The fraction of sp³-hybridized carbons (Fsp3) is 0.0909. The van der Waals surface area contributed by atoms with Gasteiger partial charge in [-0.15, -0.1) is 0 Å². The van der Waals surface area contributed by atoms with Gasteiger partial charge in [-0.1, -0.05) is 6.07 Å². The second-order valence-electron chi connectivity index (χ2n) is 3.33. The van der Waals surface area contributed by atoms with Crippen molar-refractivity contribution in [3.05, 3.63) is 40.7 Å². The van der Waals surface area contributed by atoms with Gasteiger partial charge >= 0.3 is 0 Å². The summed E-state index contributed by atoms with van der Waals surface area (Å²) >= 11 is 0. The Labute approximate surface area is 101 Å². The Kier molecular flexibility index (Phi) is 3.13. The molecule has 0 saturated heterocycles. The molecule has 0 spiro atoms. The van der Waals surface area contributed by atoms with Gasteiger partial charge in [-0.2, -0.15) is 0 Å². The SMILES string of the molecule is COc1c(Oc2c(N)cccc2F)nc[nH]c1=O. The van der Waals surface area contributed by atoms with Gasteiger partial charge in [0, 0.05) is 0 Å². The van der Waals surface area contributed by atoms with E-state index in [0.29, 0.717) is 0 Å². The topological polar surface area (TPSA) is 90.2 Å². The molecule has 94 valence electrons. The summed E-state index contributed by atoms with van der Waals surface area (Å²) in [5.74, 6) is -1.16. The summed E-state index contributed by atoms with van der Waals surface area (Å²) in [4.78, 5) is 17.5. The molecule has 2 rings (SSSR count). The number of para-hydroxylation sites is 1. The number of aromatic nitrogens is 2. The summed E-state index contributed by atoms with van der Waals surface area (Å²) in [6.45, 7) is 0. The molecule has 7 heteroatoms. The summed E-state index contributed by atoms with van der Waals surface area (Å²) in [5.41, 5.74) is 5.15. The largest absolute Gasteiger partial charge is 0.487 e. The zero-order chi connectivity index (χ0) is 13.1. The zero-order valence-corrected chi connectivity index (χ0v) is 9.44. The first kappa shape index (κ1) is 11.9. The first-order chi connectivity index (χ1) is 8.63. The number of nitrogen functional groups attached to an aromatic ring is 1. The number of nitrogens with one attached hydrogen (secondary N) is 1. The number of rotatable bonds is 3. The molecular weight excluding hydrogens is 241 g/mol. The van der Waals surface area contributed by atoms with E-state index in [1.165, 1.54) is 25.3 Å². The van der Waals surface area contributed by atoms with Crippen LogP contribution in [0.2, 0.25) is 0 Å². The summed E-state index contributed by atoms with van der Waals surface area (Å²) in [5, 5.41) is 0. The molecule has 3 N–H and O–H groups in total. The summed E-state index contributed by atoms with van der Waals surface area (Å²) < 4.78 is 23.5. The Morgan fingerprint density at radius 2 is 2.17 bits per heavy atom. The molecule has 0 amide bonds. The number of H-pyrrole nitrogens is 1. The van der Waals surface area contributed by atoms with Crippen molar-refractivity contribution >= 4 is 5.69 Å². The number of hydrogen-bond acceptors (Lipinski definition) is 5. The minimum atomic E-state index is -0.654. The van der Waals surface area contributed by atoms with E-state index < -0.39 is 11.4 Å². The zero-order valence-electron chi connectivity index (χ0n) is 9.44. The van der Waals surface area contributed by atoms with Crippen molar-refractivity contribution < 1.29 is 13.9 Å². The van der Waals surface area contributed by atoms with E-state index in [0.717, 1.165) is 6.33 Å². The summed E-state index contributed by atoms with van der Waals surface area (Å²) in [6.07, 6.45) is 1.12. The Balaban J connectivity index is 2.47. The van der Waals surface area contributed by atoms with Crippen molar-refractivity contribution in [1.29, 1.82) is 0 Å². The maximum Gasteiger partial charge on any atom is 0.297 e. The highest BCUT2D eigenvalue weighted by Gasteiger charge is 2.15. The second kappa shape index (κ2) is 4.74. The molecule has 6 nitrogen and oxygen atoms in total. The molecule has 0 radical (unpaired) electrons. The maximum atomic E-state index is 13.5.